The zero-order valence-corrected chi connectivity index (χ0v) is 9.78. The van der Waals surface area contributed by atoms with Crippen LogP contribution < -0.4 is 4.74 Å². The summed E-state index contributed by atoms with van der Waals surface area (Å²) in [5.74, 6) is -1.05. The highest BCUT2D eigenvalue weighted by atomic mass is 16.6. The van der Waals surface area contributed by atoms with E-state index in [0.717, 1.165) is 5.56 Å². The van der Waals surface area contributed by atoms with Gasteiger partial charge in [-0.05, 0) is 11.6 Å². The molecule has 1 heterocycles. The van der Waals surface area contributed by atoms with E-state index in [9.17, 15) is 10.2 Å². The molecular weight excluding hydrogens is 228 g/mol. The molecule has 1 aliphatic heterocycles. The standard InChI is InChI=1S/C15H14O3/c16-14-10-11-6-4-5-9-13(11)18-15(14,17)12-7-2-1-3-8-12/h1-9,14,16-17H,10H2. The summed E-state index contributed by atoms with van der Waals surface area (Å²) in [6.07, 6.45) is -0.600. The van der Waals surface area contributed by atoms with Crippen LogP contribution in [0.1, 0.15) is 11.1 Å². The molecule has 0 aromatic heterocycles. The maximum Gasteiger partial charge on any atom is 0.261 e. The van der Waals surface area contributed by atoms with Gasteiger partial charge in [0, 0.05) is 12.0 Å². The van der Waals surface area contributed by atoms with E-state index in [4.69, 9.17) is 4.74 Å². The summed E-state index contributed by atoms with van der Waals surface area (Å²) >= 11 is 0. The Hall–Kier alpha value is -1.84. The van der Waals surface area contributed by atoms with E-state index in [1.165, 1.54) is 0 Å². The Morgan fingerprint density at radius 1 is 1.00 bits per heavy atom. The van der Waals surface area contributed by atoms with Gasteiger partial charge in [0.2, 0.25) is 0 Å². The monoisotopic (exact) mass is 242 g/mol. The number of rotatable bonds is 1. The summed E-state index contributed by atoms with van der Waals surface area (Å²) in [6.45, 7) is 0. The summed E-state index contributed by atoms with van der Waals surface area (Å²) < 4.78 is 5.62. The van der Waals surface area contributed by atoms with Crippen LogP contribution in [0.2, 0.25) is 0 Å². The van der Waals surface area contributed by atoms with Crippen molar-refractivity contribution in [3.05, 3.63) is 65.7 Å². The lowest BCUT2D eigenvalue weighted by Gasteiger charge is -2.38. The van der Waals surface area contributed by atoms with Crippen LogP contribution in [-0.4, -0.2) is 16.3 Å². The third kappa shape index (κ3) is 1.68. The number of fused-ring (bicyclic) bond motifs is 1. The van der Waals surface area contributed by atoms with E-state index >= 15 is 0 Å². The van der Waals surface area contributed by atoms with Gasteiger partial charge in [-0.2, -0.15) is 0 Å². The van der Waals surface area contributed by atoms with Crippen LogP contribution in [0.15, 0.2) is 54.6 Å². The molecule has 0 aliphatic carbocycles. The second-order valence-corrected chi connectivity index (χ2v) is 4.49. The van der Waals surface area contributed by atoms with Crippen LogP contribution in [0.25, 0.3) is 0 Å². The number of aliphatic hydroxyl groups is 2. The van der Waals surface area contributed by atoms with E-state index in [-0.39, 0.29) is 0 Å². The molecular formula is C15H14O3. The van der Waals surface area contributed by atoms with Crippen LogP contribution >= 0.6 is 0 Å². The Morgan fingerprint density at radius 2 is 1.67 bits per heavy atom. The minimum absolute atomic E-state index is 0.377. The van der Waals surface area contributed by atoms with Gasteiger partial charge in [0.1, 0.15) is 11.9 Å². The van der Waals surface area contributed by atoms with Gasteiger partial charge in [0.25, 0.3) is 5.79 Å². The molecule has 0 bridgehead atoms. The third-order valence-corrected chi connectivity index (χ3v) is 3.29. The van der Waals surface area contributed by atoms with Crippen molar-refractivity contribution in [2.75, 3.05) is 0 Å². The fraction of sp³-hybridized carbons (Fsp3) is 0.200. The average molecular weight is 242 g/mol. The molecule has 0 saturated heterocycles. The molecule has 0 saturated carbocycles. The van der Waals surface area contributed by atoms with Gasteiger partial charge in [0.15, 0.2) is 0 Å². The normalized spacial score (nSPS) is 26.2. The predicted molar refractivity (Wildman–Crippen MR) is 67.1 cm³/mol. The number of para-hydroxylation sites is 1. The van der Waals surface area contributed by atoms with Crippen molar-refractivity contribution in [2.45, 2.75) is 18.3 Å². The van der Waals surface area contributed by atoms with Gasteiger partial charge in [-0.3, -0.25) is 0 Å². The number of hydrogen-bond acceptors (Lipinski definition) is 3. The molecule has 3 nitrogen and oxygen atoms in total. The number of ether oxygens (including phenoxy) is 1. The molecule has 0 fully saturated rings. The third-order valence-electron chi connectivity index (χ3n) is 3.29. The molecule has 2 N–H and O–H groups in total. The van der Waals surface area contributed by atoms with Gasteiger partial charge in [0.05, 0.1) is 0 Å². The summed E-state index contributed by atoms with van der Waals surface area (Å²) in [5.41, 5.74) is 1.47. The molecule has 2 atom stereocenters. The zero-order chi connectivity index (χ0) is 12.6. The van der Waals surface area contributed by atoms with Crippen molar-refractivity contribution in [3.8, 4) is 5.75 Å². The largest absolute Gasteiger partial charge is 0.455 e. The summed E-state index contributed by atoms with van der Waals surface area (Å²) in [7, 11) is 0. The molecule has 2 aromatic carbocycles. The lowest BCUT2D eigenvalue weighted by Crippen LogP contribution is -2.48. The molecule has 0 spiro atoms. The first-order valence-corrected chi connectivity index (χ1v) is 5.93. The highest BCUT2D eigenvalue weighted by Gasteiger charge is 2.43. The minimum atomic E-state index is -1.67. The SMILES string of the molecule is OC1Cc2ccccc2OC1(O)c1ccccc1. The van der Waals surface area contributed by atoms with Crippen LogP contribution in [0.4, 0.5) is 0 Å². The summed E-state index contributed by atoms with van der Waals surface area (Å²) in [6, 6.07) is 16.4. The quantitative estimate of drug-likeness (QED) is 0.802. The van der Waals surface area contributed by atoms with E-state index in [1.807, 2.05) is 36.4 Å². The smallest absolute Gasteiger partial charge is 0.261 e. The molecule has 0 radical (unpaired) electrons. The highest BCUT2D eigenvalue weighted by Crippen LogP contribution is 2.37. The van der Waals surface area contributed by atoms with Crippen LogP contribution in [0, 0.1) is 0 Å². The fourth-order valence-electron chi connectivity index (χ4n) is 2.28. The van der Waals surface area contributed by atoms with Gasteiger partial charge in [-0.25, -0.2) is 0 Å². The molecule has 18 heavy (non-hydrogen) atoms. The molecule has 3 rings (SSSR count). The second-order valence-electron chi connectivity index (χ2n) is 4.49. The first-order chi connectivity index (χ1) is 8.70. The van der Waals surface area contributed by atoms with Gasteiger partial charge < -0.3 is 14.9 Å². The number of aliphatic hydroxyl groups excluding tert-OH is 1. The Kier molecular flexibility index (Phi) is 2.58. The van der Waals surface area contributed by atoms with E-state index in [2.05, 4.69) is 0 Å². The van der Waals surface area contributed by atoms with E-state index < -0.39 is 11.9 Å². The van der Waals surface area contributed by atoms with Crippen molar-refractivity contribution in [2.24, 2.45) is 0 Å². The lowest BCUT2D eigenvalue weighted by molar-refractivity contribution is -0.222. The maximum absolute atomic E-state index is 10.6. The Labute approximate surface area is 105 Å². The lowest BCUT2D eigenvalue weighted by atomic mass is 9.91. The van der Waals surface area contributed by atoms with Crippen molar-refractivity contribution in [1.82, 2.24) is 0 Å². The molecule has 1 aliphatic rings. The first-order valence-electron chi connectivity index (χ1n) is 5.93. The molecule has 3 heteroatoms. The second kappa shape index (κ2) is 4.12. The highest BCUT2D eigenvalue weighted by molar-refractivity contribution is 5.38. The first kappa shape index (κ1) is 11.3. The van der Waals surface area contributed by atoms with Gasteiger partial charge in [-0.15, -0.1) is 0 Å². The molecule has 2 aromatic rings. The summed E-state index contributed by atoms with van der Waals surface area (Å²) in [4.78, 5) is 0. The molecule has 92 valence electrons. The van der Waals surface area contributed by atoms with E-state index in [1.54, 1.807) is 18.2 Å². The number of benzene rings is 2. The number of hydrogen-bond donors (Lipinski definition) is 2. The topological polar surface area (TPSA) is 49.7 Å². The van der Waals surface area contributed by atoms with Crippen LogP contribution in [0.3, 0.4) is 0 Å². The Morgan fingerprint density at radius 3 is 2.44 bits per heavy atom. The Balaban J connectivity index is 2.05. The molecule has 0 amide bonds. The van der Waals surface area contributed by atoms with Gasteiger partial charge >= 0.3 is 0 Å². The zero-order valence-electron chi connectivity index (χ0n) is 9.78. The average Bonchev–Trinajstić information content (AvgIpc) is 2.41. The Bertz CT molecular complexity index is 553. The van der Waals surface area contributed by atoms with Crippen molar-refractivity contribution < 1.29 is 14.9 Å². The van der Waals surface area contributed by atoms with Crippen molar-refractivity contribution in [1.29, 1.82) is 0 Å². The van der Waals surface area contributed by atoms with Crippen LogP contribution in [0.5, 0.6) is 5.75 Å². The van der Waals surface area contributed by atoms with E-state index in [0.29, 0.717) is 17.7 Å². The minimum Gasteiger partial charge on any atom is -0.455 e. The van der Waals surface area contributed by atoms with Crippen molar-refractivity contribution >= 4 is 0 Å². The predicted octanol–water partition coefficient (Wildman–Crippen LogP) is 1.83. The van der Waals surface area contributed by atoms with Gasteiger partial charge in [-0.1, -0.05) is 48.5 Å². The summed E-state index contributed by atoms with van der Waals surface area (Å²) in [5, 5.41) is 20.7. The van der Waals surface area contributed by atoms with Crippen LogP contribution in [-0.2, 0) is 12.2 Å². The molecule has 2 unspecified atom stereocenters. The van der Waals surface area contributed by atoms with Crippen molar-refractivity contribution in [3.63, 3.8) is 0 Å². The maximum atomic E-state index is 10.6. The fourth-order valence-corrected chi connectivity index (χ4v) is 2.28.